The average molecular weight is 269 g/mol. The van der Waals surface area contributed by atoms with Gasteiger partial charge in [0, 0.05) is 12.0 Å². The quantitative estimate of drug-likeness (QED) is 0.578. The highest BCUT2D eigenvalue weighted by Gasteiger charge is 2.16. The predicted molar refractivity (Wildman–Crippen MR) is 54.5 cm³/mol. The summed E-state index contributed by atoms with van der Waals surface area (Å²) >= 11 is 0. The first-order chi connectivity index (χ1) is 6.75. The van der Waals surface area contributed by atoms with Crippen molar-refractivity contribution in [1.82, 2.24) is 0 Å². The monoisotopic (exact) mass is 268 g/mol. The van der Waals surface area contributed by atoms with Crippen LogP contribution < -0.4 is 22.7 Å². The minimum atomic E-state index is -0.277. The van der Waals surface area contributed by atoms with Gasteiger partial charge in [-0.3, -0.25) is 4.79 Å². The molecule has 0 unspecified atom stereocenters. The van der Waals surface area contributed by atoms with Gasteiger partial charge in [-0.05, 0) is 11.6 Å². The fourth-order valence-corrected chi connectivity index (χ4v) is 1.74. The van der Waals surface area contributed by atoms with Crippen molar-refractivity contribution in [3.05, 3.63) is 35.4 Å². The maximum atomic E-state index is 10.7. The van der Waals surface area contributed by atoms with Crippen LogP contribution in [0.3, 0.4) is 0 Å². The van der Waals surface area contributed by atoms with Crippen molar-refractivity contribution in [3.8, 4) is 0 Å². The van der Waals surface area contributed by atoms with Crippen LogP contribution in [-0.4, -0.2) is 29.8 Å². The molecule has 15 heavy (non-hydrogen) atoms. The number of rotatable bonds is 2. The zero-order valence-corrected chi connectivity index (χ0v) is 9.90. The fraction of sp³-hybridized carbons (Fsp3) is 0.273. The van der Waals surface area contributed by atoms with E-state index in [1.54, 1.807) is 0 Å². The molecule has 0 saturated heterocycles. The van der Waals surface area contributed by atoms with Crippen LogP contribution in [0.15, 0.2) is 24.3 Å². The predicted octanol–water partition coefficient (Wildman–Crippen LogP) is -2.84. The lowest BCUT2D eigenvalue weighted by molar-refractivity contribution is -0.512. The molecule has 1 aliphatic rings. The number of fused-ring (bicyclic) bond motifs is 1. The van der Waals surface area contributed by atoms with Gasteiger partial charge in [-0.1, -0.05) is 18.2 Å². The molecule has 0 radical (unpaired) electrons. The van der Waals surface area contributed by atoms with Gasteiger partial charge in [0.1, 0.15) is 6.54 Å². The standard InChI is InChI=1S/C11H12N2O.BrH/c12-11(14)8-13-6-5-9-3-1-2-4-10(9)7-13;/h1-4,7H,5-6,8H2,(H-,12,14);1H. The highest BCUT2D eigenvalue weighted by atomic mass is 79.9. The van der Waals surface area contributed by atoms with Gasteiger partial charge in [0.05, 0.1) is 0 Å². The van der Waals surface area contributed by atoms with Crippen LogP contribution in [0.25, 0.3) is 0 Å². The number of primary amides is 1. The molecule has 80 valence electrons. The molecule has 2 rings (SSSR count). The van der Waals surface area contributed by atoms with Gasteiger partial charge in [-0.15, -0.1) is 0 Å². The molecule has 3 nitrogen and oxygen atoms in total. The van der Waals surface area contributed by atoms with E-state index in [4.69, 9.17) is 5.73 Å². The van der Waals surface area contributed by atoms with Crippen molar-refractivity contribution in [1.29, 1.82) is 0 Å². The molecule has 0 fully saturated rings. The van der Waals surface area contributed by atoms with E-state index in [1.807, 2.05) is 22.9 Å². The Bertz CT molecular complexity index is 401. The van der Waals surface area contributed by atoms with E-state index in [1.165, 1.54) is 11.1 Å². The van der Waals surface area contributed by atoms with E-state index < -0.39 is 0 Å². The second-order valence-corrected chi connectivity index (χ2v) is 3.51. The Kier molecular flexibility index (Phi) is 4.03. The number of halogens is 1. The summed E-state index contributed by atoms with van der Waals surface area (Å²) in [5.41, 5.74) is 7.68. The second kappa shape index (κ2) is 5.07. The zero-order chi connectivity index (χ0) is 9.97. The Morgan fingerprint density at radius 3 is 2.87 bits per heavy atom. The fourth-order valence-electron chi connectivity index (χ4n) is 1.74. The third kappa shape index (κ3) is 2.89. The highest BCUT2D eigenvalue weighted by molar-refractivity contribution is 5.80. The second-order valence-electron chi connectivity index (χ2n) is 3.51. The Morgan fingerprint density at radius 1 is 1.40 bits per heavy atom. The van der Waals surface area contributed by atoms with Crippen molar-refractivity contribution in [2.24, 2.45) is 5.73 Å². The molecule has 0 aliphatic carbocycles. The number of hydrogen-bond donors (Lipinski definition) is 1. The van der Waals surface area contributed by atoms with Crippen molar-refractivity contribution >= 4 is 12.1 Å². The van der Waals surface area contributed by atoms with E-state index >= 15 is 0 Å². The number of hydrogen-bond acceptors (Lipinski definition) is 1. The largest absolute Gasteiger partial charge is 1.00 e. The summed E-state index contributed by atoms with van der Waals surface area (Å²) in [5.74, 6) is -0.277. The Morgan fingerprint density at radius 2 is 2.13 bits per heavy atom. The lowest BCUT2D eigenvalue weighted by Crippen LogP contribution is -3.00. The topological polar surface area (TPSA) is 46.1 Å². The summed E-state index contributed by atoms with van der Waals surface area (Å²) in [7, 11) is 0. The summed E-state index contributed by atoms with van der Waals surface area (Å²) in [6, 6.07) is 8.22. The molecule has 1 aromatic rings. The van der Waals surface area contributed by atoms with Gasteiger partial charge in [0.25, 0.3) is 5.91 Å². The summed E-state index contributed by atoms with van der Waals surface area (Å²) < 4.78 is 1.96. The van der Waals surface area contributed by atoms with Crippen molar-refractivity contribution < 1.29 is 26.4 Å². The van der Waals surface area contributed by atoms with Gasteiger partial charge in [0.15, 0.2) is 6.21 Å². The first kappa shape index (κ1) is 11.9. The summed E-state index contributed by atoms with van der Waals surface area (Å²) in [5, 5.41) is 0. The molecule has 1 amide bonds. The van der Waals surface area contributed by atoms with Crippen molar-refractivity contribution in [2.75, 3.05) is 13.1 Å². The average Bonchev–Trinajstić information content (AvgIpc) is 2.17. The van der Waals surface area contributed by atoms with Crippen molar-refractivity contribution in [2.45, 2.75) is 6.42 Å². The lowest BCUT2D eigenvalue weighted by Gasteiger charge is -2.10. The van der Waals surface area contributed by atoms with E-state index in [2.05, 4.69) is 12.1 Å². The van der Waals surface area contributed by atoms with E-state index in [0.29, 0.717) is 6.54 Å². The van der Waals surface area contributed by atoms with Crippen LogP contribution in [-0.2, 0) is 11.2 Å². The van der Waals surface area contributed by atoms with E-state index in [0.717, 1.165) is 13.0 Å². The maximum Gasteiger partial charge on any atom is 0.282 e. The highest BCUT2D eigenvalue weighted by Crippen LogP contribution is 2.10. The summed E-state index contributed by atoms with van der Waals surface area (Å²) in [4.78, 5) is 10.7. The van der Waals surface area contributed by atoms with Gasteiger partial charge >= 0.3 is 0 Å². The SMILES string of the molecule is NC(=O)C[N+]1=Cc2ccccc2CC1.[Br-]. The maximum absolute atomic E-state index is 10.7. The first-order valence-corrected chi connectivity index (χ1v) is 4.71. The van der Waals surface area contributed by atoms with Gasteiger partial charge in [-0.25, -0.2) is 4.58 Å². The van der Waals surface area contributed by atoms with Crippen LogP contribution in [0.5, 0.6) is 0 Å². The Hall–Kier alpha value is -1.16. The minimum Gasteiger partial charge on any atom is -1.00 e. The van der Waals surface area contributed by atoms with Crippen LogP contribution >= 0.6 is 0 Å². The molecular weight excluding hydrogens is 256 g/mol. The number of carbonyl (C=O) groups excluding carboxylic acids is 1. The molecule has 1 aliphatic heterocycles. The Balaban J connectivity index is 0.00000112. The summed E-state index contributed by atoms with van der Waals surface area (Å²) in [6.45, 7) is 1.19. The van der Waals surface area contributed by atoms with Crippen LogP contribution in [0.2, 0.25) is 0 Å². The van der Waals surface area contributed by atoms with Crippen LogP contribution in [0.4, 0.5) is 0 Å². The van der Waals surface area contributed by atoms with E-state index in [9.17, 15) is 4.79 Å². The molecule has 4 heteroatoms. The molecule has 0 spiro atoms. The number of nitrogens with zero attached hydrogens (tertiary/aromatic N) is 1. The number of amides is 1. The number of nitrogens with two attached hydrogens (primary N) is 1. The lowest BCUT2D eigenvalue weighted by atomic mass is 10.0. The third-order valence-electron chi connectivity index (χ3n) is 2.40. The third-order valence-corrected chi connectivity index (χ3v) is 2.40. The van der Waals surface area contributed by atoms with Crippen molar-refractivity contribution in [3.63, 3.8) is 0 Å². The minimum absolute atomic E-state index is 0. The molecule has 0 atom stereocenters. The molecular formula is C11H13BrN2O. The van der Waals surface area contributed by atoms with Crippen LogP contribution in [0, 0.1) is 0 Å². The molecule has 1 heterocycles. The molecule has 1 aromatic carbocycles. The number of carbonyl (C=O) groups is 1. The van der Waals surface area contributed by atoms with Gasteiger partial charge in [-0.2, -0.15) is 0 Å². The normalized spacial score (nSPS) is 13.5. The van der Waals surface area contributed by atoms with E-state index in [-0.39, 0.29) is 22.9 Å². The Labute approximate surface area is 99.4 Å². The van der Waals surface area contributed by atoms with Crippen LogP contribution in [0.1, 0.15) is 11.1 Å². The molecule has 2 N–H and O–H groups in total. The smallest absolute Gasteiger partial charge is 0.282 e. The number of benzene rings is 1. The molecule has 0 aromatic heterocycles. The molecule has 0 bridgehead atoms. The zero-order valence-electron chi connectivity index (χ0n) is 8.32. The first-order valence-electron chi connectivity index (χ1n) is 4.71. The van der Waals surface area contributed by atoms with Gasteiger partial charge in [0.2, 0.25) is 6.54 Å². The molecule has 0 saturated carbocycles. The summed E-state index contributed by atoms with van der Waals surface area (Å²) in [6.07, 6.45) is 2.99. The van der Waals surface area contributed by atoms with Gasteiger partial charge < -0.3 is 22.7 Å².